The van der Waals surface area contributed by atoms with Gasteiger partial charge >= 0.3 is 0 Å². The molecule has 0 saturated heterocycles. The second kappa shape index (κ2) is 5.03. The first-order valence-electron chi connectivity index (χ1n) is 7.88. The number of fused-ring (bicyclic) bond motifs is 2. The Balaban J connectivity index is 1.71. The van der Waals surface area contributed by atoms with Gasteiger partial charge in [0.2, 0.25) is 0 Å². The molecule has 2 nitrogen and oxygen atoms in total. The van der Waals surface area contributed by atoms with Gasteiger partial charge in [-0.25, -0.2) is 4.98 Å². The van der Waals surface area contributed by atoms with E-state index in [1.54, 1.807) is 0 Å². The van der Waals surface area contributed by atoms with Crippen LogP contribution in [-0.2, 0) is 19.4 Å². The van der Waals surface area contributed by atoms with Crippen LogP contribution in [0.4, 0.5) is 0 Å². The number of nitrogens with zero attached hydrogens (tertiary/aromatic N) is 2. The highest BCUT2D eigenvalue weighted by atomic mass is 15.1. The van der Waals surface area contributed by atoms with Crippen LogP contribution in [0.3, 0.4) is 0 Å². The molecule has 0 fully saturated rings. The van der Waals surface area contributed by atoms with Crippen molar-refractivity contribution in [3.05, 3.63) is 65.5 Å². The molecular formula is C19H20N2. The molecule has 21 heavy (non-hydrogen) atoms. The Hall–Kier alpha value is -2.09. The number of aryl methyl sites for hydroxylation is 1. The minimum absolute atomic E-state index is 0.648. The van der Waals surface area contributed by atoms with Crippen molar-refractivity contribution in [1.82, 2.24) is 9.55 Å². The first kappa shape index (κ1) is 12.6. The molecule has 2 aromatic carbocycles. The van der Waals surface area contributed by atoms with Crippen LogP contribution in [0.15, 0.2) is 48.5 Å². The quantitative estimate of drug-likeness (QED) is 0.693. The fourth-order valence-corrected chi connectivity index (χ4v) is 3.49. The molecule has 0 saturated carbocycles. The van der Waals surface area contributed by atoms with E-state index < -0.39 is 0 Å². The number of aromatic nitrogens is 2. The van der Waals surface area contributed by atoms with Crippen LogP contribution in [0.2, 0.25) is 0 Å². The third kappa shape index (κ3) is 2.06. The summed E-state index contributed by atoms with van der Waals surface area (Å²) < 4.78 is 2.44. The maximum absolute atomic E-state index is 4.83. The Kier molecular flexibility index (Phi) is 3.03. The van der Waals surface area contributed by atoms with E-state index in [0.29, 0.717) is 5.92 Å². The average molecular weight is 276 g/mol. The highest BCUT2D eigenvalue weighted by Gasteiger charge is 2.26. The Morgan fingerprint density at radius 3 is 2.76 bits per heavy atom. The van der Waals surface area contributed by atoms with Crippen molar-refractivity contribution in [2.75, 3.05) is 0 Å². The van der Waals surface area contributed by atoms with E-state index in [9.17, 15) is 0 Å². The molecular weight excluding hydrogens is 256 g/mol. The van der Waals surface area contributed by atoms with Crippen molar-refractivity contribution < 1.29 is 0 Å². The van der Waals surface area contributed by atoms with Crippen LogP contribution in [-0.4, -0.2) is 9.55 Å². The van der Waals surface area contributed by atoms with Crippen LogP contribution < -0.4 is 0 Å². The molecule has 0 aliphatic heterocycles. The van der Waals surface area contributed by atoms with Crippen molar-refractivity contribution in [2.45, 2.75) is 38.6 Å². The number of hydrogen-bond donors (Lipinski definition) is 0. The molecule has 2 heteroatoms. The van der Waals surface area contributed by atoms with Gasteiger partial charge in [0.25, 0.3) is 0 Å². The van der Waals surface area contributed by atoms with Crippen LogP contribution in [0.1, 0.15) is 36.2 Å². The molecule has 0 bridgehead atoms. The maximum atomic E-state index is 4.83. The number of rotatable bonds is 4. The summed E-state index contributed by atoms with van der Waals surface area (Å²) in [5.74, 6) is 1.89. The van der Waals surface area contributed by atoms with Gasteiger partial charge in [-0.3, -0.25) is 0 Å². The van der Waals surface area contributed by atoms with Crippen molar-refractivity contribution in [1.29, 1.82) is 0 Å². The lowest BCUT2D eigenvalue weighted by Crippen LogP contribution is -2.22. The molecule has 1 atom stereocenters. The molecule has 4 rings (SSSR count). The Bertz CT molecular complexity index is 785. The van der Waals surface area contributed by atoms with Gasteiger partial charge < -0.3 is 4.57 Å². The number of hydrogen-bond acceptors (Lipinski definition) is 1. The second-order valence-electron chi connectivity index (χ2n) is 5.98. The normalized spacial score (nSPS) is 16.7. The predicted molar refractivity (Wildman–Crippen MR) is 86.6 cm³/mol. The van der Waals surface area contributed by atoms with Crippen molar-refractivity contribution in [3.8, 4) is 0 Å². The van der Waals surface area contributed by atoms with Gasteiger partial charge in [0, 0.05) is 18.9 Å². The molecule has 106 valence electrons. The first-order valence-corrected chi connectivity index (χ1v) is 7.88. The highest BCUT2D eigenvalue weighted by molar-refractivity contribution is 5.76. The van der Waals surface area contributed by atoms with Gasteiger partial charge in [-0.1, -0.05) is 43.3 Å². The summed E-state index contributed by atoms with van der Waals surface area (Å²) in [6, 6.07) is 17.4. The summed E-state index contributed by atoms with van der Waals surface area (Å²) >= 11 is 0. The Morgan fingerprint density at radius 1 is 1.10 bits per heavy atom. The molecule has 0 spiro atoms. The zero-order valence-electron chi connectivity index (χ0n) is 12.4. The van der Waals surface area contributed by atoms with E-state index in [4.69, 9.17) is 4.98 Å². The van der Waals surface area contributed by atoms with E-state index in [1.165, 1.54) is 28.9 Å². The molecule has 0 amide bonds. The fraction of sp³-hybridized carbons (Fsp3) is 0.316. The van der Waals surface area contributed by atoms with Crippen LogP contribution >= 0.6 is 0 Å². The second-order valence-corrected chi connectivity index (χ2v) is 5.98. The van der Waals surface area contributed by atoms with E-state index >= 15 is 0 Å². The van der Waals surface area contributed by atoms with Gasteiger partial charge in [0.15, 0.2) is 0 Å². The average Bonchev–Trinajstić information content (AvgIpc) is 2.83. The number of imidazole rings is 1. The highest BCUT2D eigenvalue weighted by Crippen LogP contribution is 2.37. The summed E-state index contributed by atoms with van der Waals surface area (Å²) in [7, 11) is 0. The van der Waals surface area contributed by atoms with Gasteiger partial charge in [-0.2, -0.15) is 0 Å². The Labute approximate surface area is 125 Å². The number of benzene rings is 2. The smallest absolute Gasteiger partial charge is 0.109 e. The molecule has 0 radical (unpaired) electrons. The van der Waals surface area contributed by atoms with Gasteiger partial charge in [-0.15, -0.1) is 0 Å². The third-order valence-corrected chi connectivity index (χ3v) is 4.57. The van der Waals surface area contributed by atoms with Crippen LogP contribution in [0.5, 0.6) is 0 Å². The van der Waals surface area contributed by atoms with Crippen LogP contribution in [0, 0.1) is 0 Å². The molecule has 0 N–H and O–H groups in total. The van der Waals surface area contributed by atoms with Crippen LogP contribution in [0.25, 0.3) is 11.0 Å². The van der Waals surface area contributed by atoms with Gasteiger partial charge in [-0.05, 0) is 36.1 Å². The molecule has 1 aromatic heterocycles. The van der Waals surface area contributed by atoms with Crippen molar-refractivity contribution >= 4 is 11.0 Å². The topological polar surface area (TPSA) is 17.8 Å². The first-order chi connectivity index (χ1) is 10.4. The Morgan fingerprint density at radius 2 is 1.90 bits per heavy atom. The van der Waals surface area contributed by atoms with E-state index in [1.807, 2.05) is 0 Å². The number of para-hydroxylation sites is 2. The van der Waals surface area contributed by atoms with Crippen molar-refractivity contribution in [3.63, 3.8) is 0 Å². The lowest BCUT2D eigenvalue weighted by atomic mass is 9.77. The fourth-order valence-electron chi connectivity index (χ4n) is 3.49. The molecule has 1 heterocycles. The molecule has 1 unspecified atom stereocenters. The maximum Gasteiger partial charge on any atom is 0.109 e. The lowest BCUT2D eigenvalue weighted by Gasteiger charge is -2.31. The summed E-state index contributed by atoms with van der Waals surface area (Å²) in [5.41, 5.74) is 5.46. The summed E-state index contributed by atoms with van der Waals surface area (Å²) in [4.78, 5) is 4.83. The van der Waals surface area contributed by atoms with E-state index in [-0.39, 0.29) is 0 Å². The standard InChI is InChI=1S/C19H20N2/c1-2-7-19-20-17-10-5-6-11-18(17)21(19)13-15-12-14-8-3-4-9-16(14)15/h3-6,8-11,15H,2,7,12-13H2,1H3. The van der Waals surface area contributed by atoms with E-state index in [2.05, 4.69) is 60.0 Å². The lowest BCUT2D eigenvalue weighted by molar-refractivity contribution is 0.503. The molecule has 3 aromatic rings. The van der Waals surface area contributed by atoms with Gasteiger partial charge in [0.05, 0.1) is 11.0 Å². The SMILES string of the molecule is CCCc1nc2ccccc2n1CC1Cc2ccccc21. The molecule has 1 aliphatic rings. The minimum Gasteiger partial charge on any atom is -0.327 e. The zero-order chi connectivity index (χ0) is 14.2. The van der Waals surface area contributed by atoms with Gasteiger partial charge in [0.1, 0.15) is 5.82 Å². The predicted octanol–water partition coefficient (Wildman–Crippen LogP) is 4.33. The zero-order valence-corrected chi connectivity index (χ0v) is 12.4. The van der Waals surface area contributed by atoms with E-state index in [0.717, 1.165) is 24.9 Å². The minimum atomic E-state index is 0.648. The van der Waals surface area contributed by atoms with Crippen molar-refractivity contribution in [2.24, 2.45) is 0 Å². The summed E-state index contributed by atoms with van der Waals surface area (Å²) in [6.07, 6.45) is 3.40. The summed E-state index contributed by atoms with van der Waals surface area (Å²) in [6.45, 7) is 3.29. The largest absolute Gasteiger partial charge is 0.327 e. The monoisotopic (exact) mass is 276 g/mol. The molecule has 1 aliphatic carbocycles. The third-order valence-electron chi connectivity index (χ3n) is 4.57. The summed E-state index contributed by atoms with van der Waals surface area (Å²) in [5, 5.41) is 0.